The fourth-order valence-electron chi connectivity index (χ4n) is 8.62. The highest BCUT2D eigenvalue weighted by Gasteiger charge is 2.37. The van der Waals surface area contributed by atoms with E-state index in [9.17, 15) is 15.5 Å². The summed E-state index contributed by atoms with van der Waals surface area (Å²) in [5.74, 6) is 0. The Balaban J connectivity index is 1.22. The minimum atomic E-state index is -1.21. The lowest BCUT2D eigenvalue weighted by Crippen LogP contribution is -2.35. The molecule has 0 amide bonds. The van der Waals surface area contributed by atoms with Gasteiger partial charge >= 0.3 is 0 Å². The van der Waals surface area contributed by atoms with Gasteiger partial charge in [0.15, 0.2) is 0 Å². The Labute approximate surface area is 473 Å². The average molecular weight is 1110 g/mol. The van der Waals surface area contributed by atoms with Crippen LogP contribution in [0.1, 0.15) is 27.8 Å². The fraction of sp³-hybridized carbons (Fsp3) is 0.500. The zero-order valence-electron chi connectivity index (χ0n) is 46.9. The van der Waals surface area contributed by atoms with Crippen LogP contribution >= 0.6 is 0 Å². The number of hydrogen-bond acceptors (Lipinski definition) is 18. The molecule has 80 heavy (non-hydrogen) atoms. The molecule has 5 aromatic carbocycles. The molecule has 0 aliphatic carbocycles. The monoisotopic (exact) mass is 1110 g/mol. The first-order valence-electron chi connectivity index (χ1n) is 27.6. The van der Waals surface area contributed by atoms with Gasteiger partial charge in [-0.1, -0.05) is 97.1 Å². The lowest BCUT2D eigenvalue weighted by atomic mass is 9.70. The maximum atomic E-state index is 11.5. The molecule has 0 fully saturated rings. The van der Waals surface area contributed by atoms with Crippen molar-refractivity contribution in [3.05, 3.63) is 161 Å². The van der Waals surface area contributed by atoms with Crippen molar-refractivity contribution in [3.63, 3.8) is 0 Å². The van der Waals surface area contributed by atoms with E-state index in [-0.39, 0.29) is 26.4 Å². The van der Waals surface area contributed by atoms with Gasteiger partial charge in [0.05, 0.1) is 164 Å². The van der Waals surface area contributed by atoms with Gasteiger partial charge in [-0.2, -0.15) is 5.26 Å². The number of ether oxygens (including phenoxy) is 10. The molecule has 0 heterocycles. The van der Waals surface area contributed by atoms with E-state index in [1.807, 2.05) is 128 Å². The quantitative estimate of drug-likeness (QED) is 0.0281. The highest BCUT2D eigenvalue weighted by atomic mass is 16.6. The Morgan fingerprint density at radius 1 is 0.388 bits per heavy atom. The standard InChI is InChI=1S/C62H86N4O14/c1-64(2)57-19-13-54(14-20-57)62(51-63,55-15-21-58(22-16-55)65(45-52-9-5-3-6-10-52)47-60(69)49-79-43-41-77-39-37-75-35-33-73-31-29-71-27-25-67)56-17-23-59(24-18-56)66(46-53-11-7-4-8-12-53)48-61(70)50-80-44-42-78-40-38-76-36-34-74-32-30-72-28-26-68/h3-24,60-61,67-70H,25-50H2,1-2H3. The minimum absolute atomic E-state index is 0.00749. The second kappa shape index (κ2) is 39.8. The third kappa shape index (κ3) is 24.3. The van der Waals surface area contributed by atoms with Crippen molar-refractivity contribution in [2.24, 2.45) is 0 Å². The minimum Gasteiger partial charge on any atom is -0.394 e. The lowest BCUT2D eigenvalue weighted by Gasteiger charge is -2.32. The van der Waals surface area contributed by atoms with Gasteiger partial charge in [0.25, 0.3) is 0 Å². The predicted octanol–water partition coefficient (Wildman–Crippen LogP) is 5.50. The van der Waals surface area contributed by atoms with Crippen molar-refractivity contribution in [3.8, 4) is 6.07 Å². The molecule has 0 aliphatic rings. The number of aliphatic hydroxyl groups is 4. The SMILES string of the molecule is CN(C)c1ccc(C(C#N)(c2ccc(N(Cc3ccccc3)CC(O)COCCOCCOCCOCCOCCO)cc2)c2ccc(N(Cc3ccccc3)CC(O)COCCOCCOCCOCCOCCO)cc2)cc1. The maximum Gasteiger partial charge on any atom is 0.132 e. The van der Waals surface area contributed by atoms with E-state index in [4.69, 9.17) is 57.6 Å². The Hall–Kier alpha value is -5.57. The van der Waals surface area contributed by atoms with Gasteiger partial charge in [-0.25, -0.2) is 0 Å². The van der Waals surface area contributed by atoms with Crippen LogP contribution < -0.4 is 14.7 Å². The van der Waals surface area contributed by atoms with Crippen molar-refractivity contribution in [2.75, 3.05) is 187 Å². The van der Waals surface area contributed by atoms with Crippen LogP contribution in [0.15, 0.2) is 133 Å². The molecule has 2 unspecified atom stereocenters. The summed E-state index contributed by atoms with van der Waals surface area (Å²) in [7, 11) is 3.98. The van der Waals surface area contributed by atoms with Crippen molar-refractivity contribution >= 4 is 17.1 Å². The van der Waals surface area contributed by atoms with Crippen LogP contribution in [0.4, 0.5) is 17.1 Å². The molecule has 0 saturated carbocycles. The first-order valence-corrected chi connectivity index (χ1v) is 27.6. The third-order valence-electron chi connectivity index (χ3n) is 12.7. The number of nitriles is 1. The van der Waals surface area contributed by atoms with Crippen LogP contribution in [0.2, 0.25) is 0 Å². The number of hydrogen-bond donors (Lipinski definition) is 4. The van der Waals surface area contributed by atoms with Gasteiger partial charge in [0, 0.05) is 57.3 Å². The summed E-state index contributed by atoms with van der Waals surface area (Å²) in [5.41, 5.74) is 6.07. The fourth-order valence-corrected chi connectivity index (χ4v) is 8.62. The lowest BCUT2D eigenvalue weighted by molar-refractivity contribution is -0.0212. The van der Waals surface area contributed by atoms with Gasteiger partial charge in [-0.3, -0.25) is 0 Å². The predicted molar refractivity (Wildman–Crippen MR) is 309 cm³/mol. The van der Waals surface area contributed by atoms with Crippen molar-refractivity contribution in [1.29, 1.82) is 5.26 Å². The Bertz CT molecular complexity index is 2220. The van der Waals surface area contributed by atoms with Crippen LogP contribution in [0.5, 0.6) is 0 Å². The van der Waals surface area contributed by atoms with Crippen LogP contribution in [-0.2, 0) is 65.9 Å². The first kappa shape index (κ1) is 65.2. The summed E-state index contributed by atoms with van der Waals surface area (Å²) in [6.07, 6.45) is -1.61. The Morgan fingerprint density at radius 3 is 0.938 bits per heavy atom. The molecule has 18 heteroatoms. The van der Waals surface area contributed by atoms with Crippen molar-refractivity contribution in [2.45, 2.75) is 30.7 Å². The van der Waals surface area contributed by atoms with E-state index in [0.29, 0.717) is 145 Å². The van der Waals surface area contributed by atoms with Gasteiger partial charge < -0.3 is 82.5 Å². The third-order valence-corrected chi connectivity index (χ3v) is 12.7. The first-order chi connectivity index (χ1) is 39.3. The van der Waals surface area contributed by atoms with Gasteiger partial charge in [-0.05, 0) is 64.2 Å². The largest absolute Gasteiger partial charge is 0.394 e. The topological polar surface area (TPSA) is 207 Å². The van der Waals surface area contributed by atoms with E-state index in [1.165, 1.54) is 0 Å². The number of anilines is 3. The summed E-state index contributed by atoms with van der Waals surface area (Å²) >= 11 is 0. The molecule has 5 rings (SSSR count). The summed E-state index contributed by atoms with van der Waals surface area (Å²) in [4.78, 5) is 6.27. The number of nitrogens with zero attached hydrogens (tertiary/aromatic N) is 4. The molecular formula is C62H86N4O14. The maximum absolute atomic E-state index is 11.5. The van der Waals surface area contributed by atoms with Crippen molar-refractivity contribution in [1.82, 2.24) is 0 Å². The molecule has 18 nitrogen and oxygen atoms in total. The van der Waals surface area contributed by atoms with E-state index in [2.05, 4.69) is 40.1 Å². The van der Waals surface area contributed by atoms with Gasteiger partial charge in [0.1, 0.15) is 5.41 Å². The Morgan fingerprint density at radius 2 is 0.662 bits per heavy atom. The zero-order chi connectivity index (χ0) is 56.7. The molecule has 0 bridgehead atoms. The van der Waals surface area contributed by atoms with Crippen LogP contribution in [0.3, 0.4) is 0 Å². The zero-order valence-corrected chi connectivity index (χ0v) is 46.9. The van der Waals surface area contributed by atoms with Crippen LogP contribution in [0.25, 0.3) is 0 Å². The van der Waals surface area contributed by atoms with E-state index >= 15 is 0 Å². The molecule has 5 aromatic rings. The molecule has 0 radical (unpaired) electrons. The number of aliphatic hydroxyl groups excluding tert-OH is 4. The second-order valence-corrected chi connectivity index (χ2v) is 18.9. The second-order valence-electron chi connectivity index (χ2n) is 18.9. The number of benzene rings is 5. The highest BCUT2D eigenvalue weighted by molar-refractivity contribution is 5.63. The van der Waals surface area contributed by atoms with E-state index in [1.54, 1.807) is 0 Å². The summed E-state index contributed by atoms with van der Waals surface area (Å²) in [5, 5.41) is 51.7. The highest BCUT2D eigenvalue weighted by Crippen LogP contribution is 2.41. The van der Waals surface area contributed by atoms with E-state index < -0.39 is 17.6 Å². The normalized spacial score (nSPS) is 12.9. The molecule has 0 saturated heterocycles. The molecular weight excluding hydrogens is 1020 g/mol. The molecule has 0 aromatic heterocycles. The van der Waals surface area contributed by atoms with Crippen LogP contribution in [0, 0.1) is 11.3 Å². The van der Waals surface area contributed by atoms with Gasteiger partial charge in [0.2, 0.25) is 0 Å². The van der Waals surface area contributed by atoms with Gasteiger partial charge in [-0.15, -0.1) is 0 Å². The summed E-state index contributed by atoms with van der Waals surface area (Å²) in [6, 6.07) is 47.1. The molecule has 0 spiro atoms. The van der Waals surface area contributed by atoms with Crippen LogP contribution in [-0.4, -0.2) is 205 Å². The number of rotatable bonds is 46. The summed E-state index contributed by atoms with van der Waals surface area (Å²) < 4.78 is 55.3. The smallest absolute Gasteiger partial charge is 0.132 e. The summed E-state index contributed by atoms with van der Waals surface area (Å²) in [6.45, 7) is 8.98. The average Bonchev–Trinajstić information content (AvgIpc) is 3.51. The molecule has 0 aliphatic heterocycles. The van der Waals surface area contributed by atoms with E-state index in [0.717, 1.165) is 44.9 Å². The van der Waals surface area contributed by atoms with Crippen molar-refractivity contribution < 1.29 is 67.8 Å². The molecule has 4 N–H and O–H groups in total. The Kier molecular flexibility index (Phi) is 32.4. The molecule has 2 atom stereocenters. The molecule has 438 valence electrons.